The van der Waals surface area contributed by atoms with Crippen molar-refractivity contribution in [2.45, 2.75) is 19.4 Å². The van der Waals surface area contributed by atoms with Crippen LogP contribution in [0.25, 0.3) is 10.9 Å². The summed E-state index contributed by atoms with van der Waals surface area (Å²) >= 11 is 12.3. The number of halogens is 2. The summed E-state index contributed by atoms with van der Waals surface area (Å²) in [5.41, 5.74) is 1.57. The maximum absolute atomic E-state index is 12.0. The Kier molecular flexibility index (Phi) is 6.04. The molecule has 1 heterocycles. The van der Waals surface area contributed by atoms with E-state index < -0.39 is 17.9 Å². The van der Waals surface area contributed by atoms with Crippen LogP contribution in [0, 0.1) is 5.92 Å². The van der Waals surface area contributed by atoms with Crippen LogP contribution in [0.4, 0.5) is 0 Å². The third-order valence-corrected chi connectivity index (χ3v) is 4.32. The zero-order valence-corrected chi connectivity index (χ0v) is 14.6. The Labute approximate surface area is 147 Å². The number of methoxy groups -OCH3 is 2. The molecular weight excluding hydrogens is 359 g/mol. The van der Waals surface area contributed by atoms with Gasteiger partial charge in [0.05, 0.1) is 43.7 Å². The van der Waals surface area contributed by atoms with Gasteiger partial charge in [-0.3, -0.25) is 14.7 Å². The number of esters is 2. The maximum Gasteiger partial charge on any atom is 0.309 e. The highest BCUT2D eigenvalue weighted by molar-refractivity contribution is 6.39. The predicted octanol–water partition coefficient (Wildman–Crippen LogP) is 2.26. The minimum absolute atomic E-state index is 0.134. The highest BCUT2D eigenvalue weighted by atomic mass is 35.5. The van der Waals surface area contributed by atoms with E-state index in [9.17, 15) is 14.7 Å². The molecule has 0 fully saturated rings. The number of aliphatic hydroxyl groups excluding tert-OH is 1. The lowest BCUT2D eigenvalue weighted by Crippen LogP contribution is -2.23. The molecule has 1 atom stereocenters. The first-order valence-corrected chi connectivity index (χ1v) is 7.77. The quantitative estimate of drug-likeness (QED) is 0.751. The third-order valence-electron chi connectivity index (χ3n) is 3.75. The summed E-state index contributed by atoms with van der Waals surface area (Å²) in [6, 6.07) is 1.61. The van der Waals surface area contributed by atoms with Crippen molar-refractivity contribution in [1.29, 1.82) is 0 Å². The summed E-state index contributed by atoms with van der Waals surface area (Å²) in [4.78, 5) is 23.5. The summed E-state index contributed by atoms with van der Waals surface area (Å²) in [6.45, 7) is -0.325. The fourth-order valence-electron chi connectivity index (χ4n) is 2.56. The summed E-state index contributed by atoms with van der Waals surface area (Å²) in [5.74, 6) is -1.87. The van der Waals surface area contributed by atoms with Gasteiger partial charge in [-0.05, 0) is 23.6 Å². The van der Waals surface area contributed by atoms with Crippen molar-refractivity contribution in [3.05, 3.63) is 27.4 Å². The zero-order valence-electron chi connectivity index (χ0n) is 13.1. The normalized spacial score (nSPS) is 12.2. The molecular formula is C15H16Cl2N2O5. The molecule has 1 aromatic heterocycles. The summed E-state index contributed by atoms with van der Waals surface area (Å²) in [6.07, 6.45) is -0.0162. The molecule has 0 aliphatic carbocycles. The maximum atomic E-state index is 12.0. The van der Waals surface area contributed by atoms with Crippen molar-refractivity contribution in [2.24, 2.45) is 5.92 Å². The number of hydrogen-bond donors (Lipinski definition) is 2. The molecule has 9 heteroatoms. The number of aromatic nitrogens is 2. The highest BCUT2D eigenvalue weighted by Gasteiger charge is 2.26. The molecule has 0 bridgehead atoms. The van der Waals surface area contributed by atoms with Gasteiger partial charge in [-0.15, -0.1) is 0 Å². The number of benzene rings is 1. The molecule has 0 radical (unpaired) electrons. The molecule has 0 saturated heterocycles. The van der Waals surface area contributed by atoms with Gasteiger partial charge in [-0.25, -0.2) is 0 Å². The van der Waals surface area contributed by atoms with Crippen LogP contribution in [0.15, 0.2) is 6.07 Å². The fourth-order valence-corrected chi connectivity index (χ4v) is 3.08. The number of carbonyl (C=O) groups is 2. The van der Waals surface area contributed by atoms with Crippen molar-refractivity contribution < 1.29 is 24.2 Å². The van der Waals surface area contributed by atoms with E-state index in [1.54, 1.807) is 6.07 Å². The van der Waals surface area contributed by atoms with E-state index in [0.29, 0.717) is 27.1 Å². The second-order valence-corrected chi connectivity index (χ2v) is 5.89. The van der Waals surface area contributed by atoms with E-state index in [1.807, 2.05) is 0 Å². The lowest BCUT2D eigenvalue weighted by Gasteiger charge is -2.16. The highest BCUT2D eigenvalue weighted by Crippen LogP contribution is 2.34. The fraction of sp³-hybridized carbons (Fsp3) is 0.400. The average molecular weight is 375 g/mol. The van der Waals surface area contributed by atoms with E-state index in [1.165, 1.54) is 14.2 Å². The molecule has 24 heavy (non-hydrogen) atoms. The van der Waals surface area contributed by atoms with Gasteiger partial charge < -0.3 is 14.6 Å². The second-order valence-electron chi connectivity index (χ2n) is 5.12. The lowest BCUT2D eigenvalue weighted by atomic mass is 9.92. The van der Waals surface area contributed by atoms with Crippen molar-refractivity contribution in [3.8, 4) is 0 Å². The van der Waals surface area contributed by atoms with Gasteiger partial charge in [0.1, 0.15) is 0 Å². The first kappa shape index (κ1) is 18.5. The summed E-state index contributed by atoms with van der Waals surface area (Å²) < 4.78 is 9.36. The molecule has 7 nitrogen and oxygen atoms in total. The minimum atomic E-state index is -0.771. The van der Waals surface area contributed by atoms with Crippen LogP contribution >= 0.6 is 23.2 Å². The van der Waals surface area contributed by atoms with E-state index in [2.05, 4.69) is 14.9 Å². The van der Waals surface area contributed by atoms with Crippen molar-refractivity contribution in [1.82, 2.24) is 10.2 Å². The van der Waals surface area contributed by atoms with Crippen LogP contribution < -0.4 is 0 Å². The minimum Gasteiger partial charge on any atom is -0.469 e. The number of hydrogen-bond acceptors (Lipinski definition) is 6. The van der Waals surface area contributed by atoms with Gasteiger partial charge in [0.15, 0.2) is 5.15 Å². The van der Waals surface area contributed by atoms with Crippen LogP contribution in [0.5, 0.6) is 0 Å². The molecule has 1 aromatic carbocycles. The monoisotopic (exact) mass is 374 g/mol. The smallest absolute Gasteiger partial charge is 0.309 e. The Bertz CT molecular complexity index is 775. The third kappa shape index (κ3) is 3.63. The Balaban J connectivity index is 2.47. The first-order chi connectivity index (χ1) is 11.4. The second kappa shape index (κ2) is 7.83. The number of nitrogens with zero attached hydrogens (tertiary/aromatic N) is 1. The Hall–Kier alpha value is -1.83. The van der Waals surface area contributed by atoms with Gasteiger partial charge in [0.25, 0.3) is 0 Å². The van der Waals surface area contributed by atoms with Gasteiger partial charge in [0.2, 0.25) is 0 Å². The van der Waals surface area contributed by atoms with Crippen molar-refractivity contribution in [2.75, 3.05) is 14.2 Å². The molecule has 0 saturated carbocycles. The molecule has 0 amide bonds. The van der Waals surface area contributed by atoms with Crippen molar-refractivity contribution >= 4 is 46.0 Å². The molecule has 2 aromatic rings. The predicted molar refractivity (Wildman–Crippen MR) is 87.9 cm³/mol. The number of ether oxygens (including phenoxy) is 2. The van der Waals surface area contributed by atoms with Gasteiger partial charge in [-0.2, -0.15) is 5.10 Å². The van der Waals surface area contributed by atoms with Gasteiger partial charge >= 0.3 is 11.9 Å². The molecule has 130 valence electrons. The van der Waals surface area contributed by atoms with E-state index in [-0.39, 0.29) is 24.6 Å². The Morgan fingerprint density at radius 1 is 1.33 bits per heavy atom. The molecule has 1 unspecified atom stereocenters. The number of fused-ring (bicyclic) bond motifs is 1. The SMILES string of the molecule is COC(=O)CC(Cc1cc(Cl)c2[nH]nc(Cl)c2c1CO)C(=O)OC. The van der Waals surface area contributed by atoms with Gasteiger partial charge in [-0.1, -0.05) is 23.2 Å². The van der Waals surface area contributed by atoms with E-state index >= 15 is 0 Å². The number of nitrogens with one attached hydrogen (secondary N) is 1. The van der Waals surface area contributed by atoms with Crippen LogP contribution in [-0.2, 0) is 32.1 Å². The number of H-pyrrole nitrogens is 1. The molecule has 2 rings (SSSR count). The summed E-state index contributed by atoms with van der Waals surface area (Å²) in [5, 5.41) is 17.3. The number of aliphatic hydroxyl groups is 1. The van der Waals surface area contributed by atoms with E-state index in [0.717, 1.165) is 0 Å². The lowest BCUT2D eigenvalue weighted by molar-refractivity contribution is -0.152. The average Bonchev–Trinajstić information content (AvgIpc) is 2.96. The largest absolute Gasteiger partial charge is 0.469 e. The first-order valence-electron chi connectivity index (χ1n) is 7.02. The van der Waals surface area contributed by atoms with Gasteiger partial charge in [0, 0.05) is 5.39 Å². The van der Waals surface area contributed by atoms with Crippen LogP contribution in [0.2, 0.25) is 10.2 Å². The van der Waals surface area contributed by atoms with E-state index in [4.69, 9.17) is 27.9 Å². The molecule has 2 N–H and O–H groups in total. The van der Waals surface area contributed by atoms with Crippen LogP contribution in [-0.4, -0.2) is 41.5 Å². The molecule has 0 spiro atoms. The molecule has 0 aliphatic heterocycles. The van der Waals surface area contributed by atoms with Crippen LogP contribution in [0.1, 0.15) is 17.5 Å². The number of aromatic amines is 1. The topological polar surface area (TPSA) is 102 Å². The molecule has 0 aliphatic rings. The Morgan fingerprint density at radius 3 is 2.62 bits per heavy atom. The number of rotatable bonds is 6. The summed E-state index contributed by atoms with van der Waals surface area (Å²) in [7, 11) is 2.48. The Morgan fingerprint density at radius 2 is 2.04 bits per heavy atom. The zero-order chi connectivity index (χ0) is 17.9. The number of carbonyl (C=O) groups excluding carboxylic acids is 2. The van der Waals surface area contributed by atoms with Crippen LogP contribution in [0.3, 0.4) is 0 Å². The van der Waals surface area contributed by atoms with Crippen molar-refractivity contribution in [3.63, 3.8) is 0 Å². The standard InChI is InChI=1S/C15H16Cl2N2O5/c1-23-11(21)5-8(15(22)24-2)3-7-4-10(16)13-12(9(7)6-20)14(17)19-18-13/h4,8,20H,3,5-6H2,1-2H3,(H,18,19).